The summed E-state index contributed by atoms with van der Waals surface area (Å²) in [5, 5.41) is 38.5. The van der Waals surface area contributed by atoms with E-state index in [0.29, 0.717) is 25.0 Å². The second-order valence-corrected chi connectivity index (χ2v) is 4.98. The van der Waals surface area contributed by atoms with Gasteiger partial charge in [0.15, 0.2) is 6.29 Å². The predicted octanol–water partition coefficient (Wildman–Crippen LogP) is -1.24. The van der Waals surface area contributed by atoms with Gasteiger partial charge in [-0.2, -0.15) is 0 Å². The molecule has 1 fully saturated rings. The average molecular weight is 275 g/mol. The van der Waals surface area contributed by atoms with Gasteiger partial charge in [-0.1, -0.05) is 0 Å². The smallest absolute Gasteiger partial charge is 0.186 e. The highest BCUT2D eigenvalue weighted by molar-refractivity contribution is 4.98. The monoisotopic (exact) mass is 275 g/mol. The molecule has 7 nitrogen and oxygen atoms in total. The maximum absolute atomic E-state index is 9.84. The topological polar surface area (TPSA) is 125 Å². The first-order valence-electron chi connectivity index (χ1n) is 6.46. The summed E-state index contributed by atoms with van der Waals surface area (Å²) in [6.45, 7) is 0.0240. The first kappa shape index (κ1) is 14.7. The fourth-order valence-electron chi connectivity index (χ4n) is 2.33. The number of nitrogens with two attached hydrogens (primary N) is 1. The van der Waals surface area contributed by atoms with E-state index in [1.54, 1.807) is 6.08 Å². The Balaban J connectivity index is 1.95. The number of hydrogen-bond acceptors (Lipinski definition) is 7. The van der Waals surface area contributed by atoms with Crippen molar-refractivity contribution in [3.63, 3.8) is 0 Å². The van der Waals surface area contributed by atoms with Crippen molar-refractivity contribution in [2.24, 2.45) is 5.73 Å². The molecule has 4 unspecified atom stereocenters. The van der Waals surface area contributed by atoms with Crippen molar-refractivity contribution in [3.8, 4) is 0 Å². The zero-order valence-electron chi connectivity index (χ0n) is 10.6. The second kappa shape index (κ2) is 6.17. The minimum atomic E-state index is -1.35. The summed E-state index contributed by atoms with van der Waals surface area (Å²) in [5.74, 6) is 0.334. The Bertz CT molecular complexity index is 334. The molecule has 2 rings (SSSR count). The Morgan fingerprint density at radius 3 is 2.58 bits per heavy atom. The quantitative estimate of drug-likeness (QED) is 0.436. The molecule has 0 bridgehead atoms. The summed E-state index contributed by atoms with van der Waals surface area (Å²) in [5.41, 5.74) is 5.44. The molecule has 19 heavy (non-hydrogen) atoms. The number of aliphatic hydroxyl groups excluding tert-OH is 4. The zero-order valence-corrected chi connectivity index (χ0v) is 10.6. The van der Waals surface area contributed by atoms with Gasteiger partial charge in [-0.25, -0.2) is 0 Å². The predicted molar refractivity (Wildman–Crippen MR) is 65.2 cm³/mol. The first-order valence-corrected chi connectivity index (χ1v) is 6.46. The Kier molecular flexibility index (Phi) is 4.77. The molecule has 1 heterocycles. The maximum Gasteiger partial charge on any atom is 0.186 e. The molecule has 0 saturated carbocycles. The van der Waals surface area contributed by atoms with Crippen molar-refractivity contribution >= 4 is 0 Å². The van der Waals surface area contributed by atoms with Crippen LogP contribution in [0.2, 0.25) is 0 Å². The molecule has 0 aromatic carbocycles. The Morgan fingerprint density at radius 2 is 2.00 bits per heavy atom. The van der Waals surface area contributed by atoms with Gasteiger partial charge < -0.3 is 35.6 Å². The van der Waals surface area contributed by atoms with Gasteiger partial charge in [0.25, 0.3) is 0 Å². The number of rotatable bonds is 3. The molecule has 0 spiro atoms. The van der Waals surface area contributed by atoms with Crippen molar-refractivity contribution in [2.75, 3.05) is 6.54 Å². The maximum atomic E-state index is 9.84. The summed E-state index contributed by atoms with van der Waals surface area (Å²) >= 11 is 0. The lowest BCUT2D eigenvalue weighted by Gasteiger charge is -2.41. The van der Waals surface area contributed by atoms with E-state index >= 15 is 0 Å². The van der Waals surface area contributed by atoms with E-state index in [-0.39, 0.29) is 12.6 Å². The lowest BCUT2D eigenvalue weighted by atomic mass is 9.98. The summed E-state index contributed by atoms with van der Waals surface area (Å²) in [6, 6.07) is 0. The second-order valence-electron chi connectivity index (χ2n) is 4.98. The number of ether oxygens (including phenoxy) is 2. The molecule has 0 radical (unpaired) electrons. The SMILES string of the molecule is NCC1OC(OC2CC=C(O)CC2)[C@@H](O)C(O)[C@H]1O. The van der Waals surface area contributed by atoms with Gasteiger partial charge in [-0.3, -0.25) is 0 Å². The molecule has 110 valence electrons. The number of hydrogen-bond donors (Lipinski definition) is 5. The third kappa shape index (κ3) is 3.25. The van der Waals surface area contributed by atoms with Gasteiger partial charge in [0.1, 0.15) is 24.4 Å². The highest BCUT2D eigenvalue weighted by atomic mass is 16.7. The van der Waals surface area contributed by atoms with Crippen LogP contribution in [0.4, 0.5) is 0 Å². The Labute approximate surface area is 111 Å². The van der Waals surface area contributed by atoms with E-state index in [1.165, 1.54) is 0 Å². The van der Waals surface area contributed by atoms with Crippen LogP contribution in [0.25, 0.3) is 0 Å². The molecule has 1 saturated heterocycles. The molecule has 7 heteroatoms. The van der Waals surface area contributed by atoms with Crippen molar-refractivity contribution < 1.29 is 29.9 Å². The van der Waals surface area contributed by atoms with Crippen molar-refractivity contribution in [3.05, 3.63) is 11.8 Å². The van der Waals surface area contributed by atoms with E-state index in [9.17, 15) is 20.4 Å². The molecule has 0 amide bonds. The zero-order chi connectivity index (χ0) is 14.0. The molecular weight excluding hydrogens is 254 g/mol. The van der Waals surface area contributed by atoms with Gasteiger partial charge >= 0.3 is 0 Å². The summed E-state index contributed by atoms with van der Waals surface area (Å²) in [4.78, 5) is 0. The van der Waals surface area contributed by atoms with E-state index in [1.807, 2.05) is 0 Å². The van der Waals surface area contributed by atoms with Crippen LogP contribution >= 0.6 is 0 Å². The van der Waals surface area contributed by atoms with Gasteiger partial charge in [0.05, 0.1) is 11.9 Å². The van der Waals surface area contributed by atoms with Crippen LogP contribution in [0.3, 0.4) is 0 Å². The van der Waals surface area contributed by atoms with Crippen molar-refractivity contribution in [1.29, 1.82) is 0 Å². The fraction of sp³-hybridized carbons (Fsp3) is 0.833. The number of aliphatic hydroxyl groups is 4. The van der Waals surface area contributed by atoms with E-state index in [4.69, 9.17) is 15.2 Å². The van der Waals surface area contributed by atoms with Gasteiger partial charge in [0, 0.05) is 13.0 Å². The Hall–Kier alpha value is -0.700. The highest BCUT2D eigenvalue weighted by Gasteiger charge is 2.44. The third-order valence-corrected chi connectivity index (χ3v) is 3.57. The van der Waals surface area contributed by atoms with Crippen LogP contribution in [0.5, 0.6) is 0 Å². The van der Waals surface area contributed by atoms with Crippen LogP contribution in [-0.2, 0) is 9.47 Å². The summed E-state index contributed by atoms with van der Waals surface area (Å²) < 4.78 is 11.0. The molecule has 1 aliphatic carbocycles. The van der Waals surface area contributed by atoms with Crippen LogP contribution in [0.15, 0.2) is 11.8 Å². The van der Waals surface area contributed by atoms with Crippen molar-refractivity contribution in [1.82, 2.24) is 0 Å². The minimum absolute atomic E-state index is 0.0240. The van der Waals surface area contributed by atoms with Gasteiger partial charge in [-0.15, -0.1) is 0 Å². The van der Waals surface area contributed by atoms with Crippen LogP contribution in [0, 0.1) is 0 Å². The molecular formula is C12H21NO6. The lowest BCUT2D eigenvalue weighted by Crippen LogP contribution is -2.60. The number of allylic oxidation sites excluding steroid dienone is 1. The largest absolute Gasteiger partial charge is 0.513 e. The average Bonchev–Trinajstić information content (AvgIpc) is 2.42. The standard InChI is InChI=1S/C12H21NO6/c13-5-8-9(15)10(16)11(17)12(19-8)18-7-3-1-6(14)2-4-7/h1,7-12,14-17H,2-5,13H2/t7?,8?,9-,10?,11-,12?/m0/s1. The van der Waals surface area contributed by atoms with E-state index in [2.05, 4.69) is 0 Å². The lowest BCUT2D eigenvalue weighted by molar-refractivity contribution is -0.305. The summed E-state index contributed by atoms with van der Waals surface area (Å²) in [7, 11) is 0. The van der Waals surface area contributed by atoms with E-state index < -0.39 is 30.7 Å². The van der Waals surface area contributed by atoms with Crippen molar-refractivity contribution in [2.45, 2.75) is 56.1 Å². The van der Waals surface area contributed by atoms with Crippen LogP contribution in [-0.4, -0.2) is 63.8 Å². The van der Waals surface area contributed by atoms with Crippen LogP contribution in [0.1, 0.15) is 19.3 Å². The molecule has 2 aliphatic rings. The van der Waals surface area contributed by atoms with Crippen LogP contribution < -0.4 is 5.73 Å². The Morgan fingerprint density at radius 1 is 1.26 bits per heavy atom. The fourth-order valence-corrected chi connectivity index (χ4v) is 2.33. The van der Waals surface area contributed by atoms with Gasteiger partial charge in [-0.05, 0) is 18.9 Å². The molecule has 6 N–H and O–H groups in total. The summed E-state index contributed by atoms with van der Waals surface area (Å²) in [6.07, 6.45) is -2.58. The molecule has 0 aromatic heterocycles. The minimum Gasteiger partial charge on any atom is -0.513 e. The van der Waals surface area contributed by atoms with Gasteiger partial charge in [0.2, 0.25) is 0 Å². The van der Waals surface area contributed by atoms with E-state index in [0.717, 1.165) is 0 Å². The highest BCUT2D eigenvalue weighted by Crippen LogP contribution is 2.26. The first-order chi connectivity index (χ1) is 9.02. The normalized spacial score (nSPS) is 43.9. The third-order valence-electron chi connectivity index (χ3n) is 3.57. The molecule has 6 atom stereocenters. The molecule has 0 aromatic rings. The molecule has 1 aliphatic heterocycles.